The van der Waals surface area contributed by atoms with Gasteiger partial charge in [0.15, 0.2) is 0 Å². The van der Waals surface area contributed by atoms with Crippen molar-refractivity contribution in [1.29, 1.82) is 0 Å². The van der Waals surface area contributed by atoms with Crippen molar-refractivity contribution in [2.24, 2.45) is 11.8 Å². The fourth-order valence-electron chi connectivity index (χ4n) is 2.63. The first kappa shape index (κ1) is 13.4. The Kier molecular flexibility index (Phi) is 3.90. The highest BCUT2D eigenvalue weighted by molar-refractivity contribution is 5.80. The predicted molar refractivity (Wildman–Crippen MR) is 79.4 cm³/mol. The number of rotatable bonds is 4. The molecule has 1 aliphatic heterocycles. The molecule has 2 fully saturated rings. The van der Waals surface area contributed by atoms with Crippen molar-refractivity contribution in [3.63, 3.8) is 0 Å². The molecular formula is C16H23N3O. The number of piperidine rings is 1. The Labute approximate surface area is 120 Å². The number of anilines is 1. The Morgan fingerprint density at radius 3 is 2.65 bits per heavy atom. The summed E-state index contributed by atoms with van der Waals surface area (Å²) >= 11 is 0. The fraction of sp³-hybridized carbons (Fsp3) is 0.625. The van der Waals surface area contributed by atoms with Crippen molar-refractivity contribution < 1.29 is 4.79 Å². The van der Waals surface area contributed by atoms with Crippen LogP contribution >= 0.6 is 0 Å². The zero-order valence-corrected chi connectivity index (χ0v) is 12.1. The van der Waals surface area contributed by atoms with Crippen LogP contribution < -0.4 is 10.2 Å². The van der Waals surface area contributed by atoms with Crippen LogP contribution in [0.1, 0.15) is 38.2 Å². The maximum atomic E-state index is 11.6. The number of nitrogens with one attached hydrogen (secondary N) is 1. The van der Waals surface area contributed by atoms with Gasteiger partial charge in [-0.2, -0.15) is 0 Å². The number of aromatic nitrogens is 1. The molecule has 0 bridgehead atoms. The lowest BCUT2D eigenvalue weighted by Gasteiger charge is -2.31. The van der Waals surface area contributed by atoms with E-state index in [9.17, 15) is 4.79 Å². The maximum Gasteiger partial charge on any atom is 0.223 e. The van der Waals surface area contributed by atoms with Gasteiger partial charge in [-0.05, 0) is 43.2 Å². The van der Waals surface area contributed by atoms with Crippen molar-refractivity contribution >= 4 is 11.7 Å². The summed E-state index contributed by atoms with van der Waals surface area (Å²) in [6, 6.07) is 4.15. The van der Waals surface area contributed by atoms with Crippen molar-refractivity contribution in [2.45, 2.75) is 39.2 Å². The average molecular weight is 273 g/mol. The number of hydrogen-bond donors (Lipinski definition) is 1. The second-order valence-electron chi connectivity index (χ2n) is 6.19. The molecule has 4 heteroatoms. The highest BCUT2D eigenvalue weighted by atomic mass is 16.2. The number of pyridine rings is 1. The standard InChI is InChI=1S/C16H23N3O/c1-12-6-8-19(9-7-12)15-5-2-13(10-17-15)11-18-16(20)14-3-4-14/h2,5,10,12,14H,3-4,6-9,11H2,1H3,(H,18,20). The fourth-order valence-corrected chi connectivity index (χ4v) is 2.63. The molecule has 3 rings (SSSR count). The third-order valence-electron chi connectivity index (χ3n) is 4.33. The van der Waals surface area contributed by atoms with Gasteiger partial charge in [-0.15, -0.1) is 0 Å². The molecule has 20 heavy (non-hydrogen) atoms. The highest BCUT2D eigenvalue weighted by Gasteiger charge is 2.29. The van der Waals surface area contributed by atoms with Crippen molar-refractivity contribution in [1.82, 2.24) is 10.3 Å². The first-order valence-electron chi connectivity index (χ1n) is 7.70. The molecule has 1 aromatic heterocycles. The molecular weight excluding hydrogens is 250 g/mol. The lowest BCUT2D eigenvalue weighted by molar-refractivity contribution is -0.122. The second kappa shape index (κ2) is 5.81. The van der Waals surface area contributed by atoms with E-state index in [1.165, 1.54) is 12.8 Å². The average Bonchev–Trinajstić information content (AvgIpc) is 3.31. The molecule has 1 saturated carbocycles. The molecule has 1 aromatic rings. The molecule has 0 unspecified atom stereocenters. The zero-order valence-electron chi connectivity index (χ0n) is 12.1. The summed E-state index contributed by atoms with van der Waals surface area (Å²) in [5, 5.41) is 2.97. The van der Waals surface area contributed by atoms with Gasteiger partial charge in [-0.25, -0.2) is 4.98 Å². The van der Waals surface area contributed by atoms with Gasteiger partial charge in [0.05, 0.1) is 0 Å². The topological polar surface area (TPSA) is 45.2 Å². The van der Waals surface area contributed by atoms with Gasteiger partial charge in [-0.3, -0.25) is 4.79 Å². The molecule has 2 aliphatic rings. The summed E-state index contributed by atoms with van der Waals surface area (Å²) in [5.74, 6) is 2.37. The summed E-state index contributed by atoms with van der Waals surface area (Å²) in [4.78, 5) is 18.5. The molecule has 1 N–H and O–H groups in total. The quantitative estimate of drug-likeness (QED) is 0.916. The Hall–Kier alpha value is -1.58. The molecule has 1 aliphatic carbocycles. The summed E-state index contributed by atoms with van der Waals surface area (Å²) in [6.07, 6.45) is 6.50. The minimum Gasteiger partial charge on any atom is -0.357 e. The molecule has 0 atom stereocenters. The Morgan fingerprint density at radius 1 is 1.30 bits per heavy atom. The van der Waals surface area contributed by atoms with E-state index in [2.05, 4.69) is 34.3 Å². The van der Waals surface area contributed by atoms with Gasteiger partial charge in [-0.1, -0.05) is 13.0 Å². The third-order valence-corrected chi connectivity index (χ3v) is 4.33. The SMILES string of the molecule is CC1CCN(c2ccc(CNC(=O)C3CC3)cn2)CC1. The number of amides is 1. The molecule has 1 amide bonds. The first-order chi connectivity index (χ1) is 9.72. The van der Waals surface area contributed by atoms with E-state index in [0.717, 1.165) is 43.2 Å². The largest absolute Gasteiger partial charge is 0.357 e. The van der Waals surface area contributed by atoms with Crippen molar-refractivity contribution in [2.75, 3.05) is 18.0 Å². The molecule has 4 nitrogen and oxygen atoms in total. The van der Waals surface area contributed by atoms with Crippen LogP contribution in [0.4, 0.5) is 5.82 Å². The van der Waals surface area contributed by atoms with Crippen LogP contribution in [0.2, 0.25) is 0 Å². The summed E-state index contributed by atoms with van der Waals surface area (Å²) in [5.41, 5.74) is 1.08. The van der Waals surface area contributed by atoms with E-state index in [-0.39, 0.29) is 11.8 Å². The lowest BCUT2D eigenvalue weighted by atomic mass is 9.99. The number of hydrogen-bond acceptors (Lipinski definition) is 3. The third kappa shape index (κ3) is 3.30. The van der Waals surface area contributed by atoms with E-state index in [0.29, 0.717) is 6.54 Å². The van der Waals surface area contributed by atoms with Gasteiger partial charge in [0, 0.05) is 31.7 Å². The minimum atomic E-state index is 0.194. The van der Waals surface area contributed by atoms with E-state index in [4.69, 9.17) is 0 Å². The monoisotopic (exact) mass is 273 g/mol. The predicted octanol–water partition coefficient (Wildman–Crippen LogP) is 2.34. The van der Waals surface area contributed by atoms with Crippen LogP contribution in [0.15, 0.2) is 18.3 Å². The molecule has 0 radical (unpaired) electrons. The van der Waals surface area contributed by atoms with Crippen LogP contribution in [0.5, 0.6) is 0 Å². The molecule has 1 saturated heterocycles. The van der Waals surface area contributed by atoms with E-state index in [1.54, 1.807) is 0 Å². The van der Waals surface area contributed by atoms with Gasteiger partial charge >= 0.3 is 0 Å². The van der Waals surface area contributed by atoms with Crippen LogP contribution in [0, 0.1) is 11.8 Å². The number of carbonyl (C=O) groups is 1. The van der Waals surface area contributed by atoms with E-state index in [1.807, 2.05) is 6.20 Å². The van der Waals surface area contributed by atoms with Crippen molar-refractivity contribution in [3.05, 3.63) is 23.9 Å². The lowest BCUT2D eigenvalue weighted by Crippen LogP contribution is -2.33. The summed E-state index contributed by atoms with van der Waals surface area (Å²) in [6.45, 7) is 5.12. The van der Waals surface area contributed by atoms with Gasteiger partial charge in [0.25, 0.3) is 0 Å². The highest BCUT2D eigenvalue weighted by Crippen LogP contribution is 2.28. The van der Waals surface area contributed by atoms with Gasteiger partial charge in [0.1, 0.15) is 5.82 Å². The molecule has 108 valence electrons. The first-order valence-corrected chi connectivity index (χ1v) is 7.70. The minimum absolute atomic E-state index is 0.194. The smallest absolute Gasteiger partial charge is 0.223 e. The van der Waals surface area contributed by atoms with E-state index >= 15 is 0 Å². The van der Waals surface area contributed by atoms with Crippen molar-refractivity contribution in [3.8, 4) is 0 Å². The summed E-state index contributed by atoms with van der Waals surface area (Å²) in [7, 11) is 0. The van der Waals surface area contributed by atoms with Crippen LogP contribution in [0.25, 0.3) is 0 Å². The second-order valence-corrected chi connectivity index (χ2v) is 6.19. The maximum absolute atomic E-state index is 11.6. The normalized spacial score (nSPS) is 19.9. The number of nitrogens with zero attached hydrogens (tertiary/aromatic N) is 2. The molecule has 0 aromatic carbocycles. The Bertz CT molecular complexity index is 459. The molecule has 2 heterocycles. The van der Waals surface area contributed by atoms with Crippen LogP contribution in [-0.2, 0) is 11.3 Å². The zero-order chi connectivity index (χ0) is 13.9. The Morgan fingerprint density at radius 2 is 2.05 bits per heavy atom. The number of carbonyl (C=O) groups excluding carboxylic acids is 1. The Balaban J connectivity index is 1.52. The molecule has 0 spiro atoms. The van der Waals surface area contributed by atoms with E-state index < -0.39 is 0 Å². The van der Waals surface area contributed by atoms with Crippen LogP contribution in [0.3, 0.4) is 0 Å². The van der Waals surface area contributed by atoms with Gasteiger partial charge in [0.2, 0.25) is 5.91 Å². The summed E-state index contributed by atoms with van der Waals surface area (Å²) < 4.78 is 0. The van der Waals surface area contributed by atoms with Gasteiger partial charge < -0.3 is 10.2 Å². The van der Waals surface area contributed by atoms with Crippen LogP contribution in [-0.4, -0.2) is 24.0 Å².